The SMILES string of the molecule is COc1cccc2c1CC1CC(=O)C(C)C1C2. The molecule has 2 heteroatoms. The number of benzene rings is 1. The van der Waals surface area contributed by atoms with Crippen molar-refractivity contribution in [1.29, 1.82) is 0 Å². The maximum Gasteiger partial charge on any atom is 0.136 e. The topological polar surface area (TPSA) is 26.3 Å². The van der Waals surface area contributed by atoms with Crippen LogP contribution in [0, 0.1) is 17.8 Å². The van der Waals surface area contributed by atoms with Gasteiger partial charge in [-0.25, -0.2) is 0 Å². The molecule has 2 aliphatic rings. The lowest BCUT2D eigenvalue weighted by molar-refractivity contribution is -0.120. The van der Waals surface area contributed by atoms with Gasteiger partial charge in [0.05, 0.1) is 7.11 Å². The second-order valence-corrected chi connectivity index (χ2v) is 5.39. The fraction of sp³-hybridized carbons (Fsp3) is 0.533. The number of rotatable bonds is 1. The van der Waals surface area contributed by atoms with E-state index in [1.165, 1.54) is 11.1 Å². The predicted molar refractivity (Wildman–Crippen MR) is 66.2 cm³/mol. The summed E-state index contributed by atoms with van der Waals surface area (Å²) in [5.74, 6) is 2.79. The summed E-state index contributed by atoms with van der Waals surface area (Å²) in [6.07, 6.45) is 2.83. The van der Waals surface area contributed by atoms with E-state index in [1.54, 1.807) is 7.11 Å². The Morgan fingerprint density at radius 2 is 2.06 bits per heavy atom. The Morgan fingerprint density at radius 3 is 2.82 bits per heavy atom. The van der Waals surface area contributed by atoms with Crippen molar-refractivity contribution in [3.05, 3.63) is 29.3 Å². The molecule has 3 rings (SSSR count). The Bertz CT molecular complexity index is 464. The van der Waals surface area contributed by atoms with Crippen molar-refractivity contribution in [2.24, 2.45) is 17.8 Å². The molecule has 1 aromatic carbocycles. The summed E-state index contributed by atoms with van der Waals surface area (Å²) in [5, 5.41) is 0. The fourth-order valence-electron chi connectivity index (χ4n) is 3.55. The molecular formula is C15H18O2. The van der Waals surface area contributed by atoms with Gasteiger partial charge in [0.1, 0.15) is 11.5 Å². The fourth-order valence-corrected chi connectivity index (χ4v) is 3.55. The van der Waals surface area contributed by atoms with Gasteiger partial charge in [-0.15, -0.1) is 0 Å². The molecule has 90 valence electrons. The first-order chi connectivity index (χ1) is 8.20. The molecule has 0 aromatic heterocycles. The highest BCUT2D eigenvalue weighted by molar-refractivity contribution is 5.83. The minimum absolute atomic E-state index is 0.249. The van der Waals surface area contributed by atoms with E-state index >= 15 is 0 Å². The molecule has 3 atom stereocenters. The summed E-state index contributed by atoms with van der Waals surface area (Å²) in [6.45, 7) is 2.10. The molecule has 2 aliphatic carbocycles. The van der Waals surface area contributed by atoms with E-state index in [0.29, 0.717) is 17.6 Å². The van der Waals surface area contributed by atoms with Gasteiger partial charge in [0.15, 0.2) is 0 Å². The number of ketones is 1. The average molecular weight is 230 g/mol. The first-order valence-corrected chi connectivity index (χ1v) is 6.38. The van der Waals surface area contributed by atoms with Crippen LogP contribution < -0.4 is 4.74 Å². The highest BCUT2D eigenvalue weighted by Gasteiger charge is 2.42. The maximum atomic E-state index is 11.8. The Labute approximate surface area is 102 Å². The molecule has 0 radical (unpaired) electrons. The van der Waals surface area contributed by atoms with Gasteiger partial charge < -0.3 is 4.74 Å². The average Bonchev–Trinajstić information content (AvgIpc) is 2.62. The van der Waals surface area contributed by atoms with Crippen LogP contribution in [-0.4, -0.2) is 12.9 Å². The summed E-state index contributed by atoms with van der Waals surface area (Å²) < 4.78 is 5.43. The number of Topliss-reactive ketones (excluding diaryl/α,β-unsaturated/α-hetero) is 1. The zero-order valence-corrected chi connectivity index (χ0v) is 10.4. The van der Waals surface area contributed by atoms with Crippen LogP contribution in [-0.2, 0) is 17.6 Å². The van der Waals surface area contributed by atoms with Crippen LogP contribution in [0.15, 0.2) is 18.2 Å². The number of methoxy groups -OCH3 is 1. The van der Waals surface area contributed by atoms with Gasteiger partial charge in [0.2, 0.25) is 0 Å². The third-order valence-electron chi connectivity index (χ3n) is 4.59. The standard InChI is InChI=1S/C15H18O2/c1-9-12-6-10-4-3-5-15(17-2)13(10)7-11(12)8-14(9)16/h3-5,9,11-12H,6-8H2,1-2H3. The van der Waals surface area contributed by atoms with E-state index in [1.807, 2.05) is 6.07 Å². The van der Waals surface area contributed by atoms with Crippen molar-refractivity contribution >= 4 is 5.78 Å². The van der Waals surface area contributed by atoms with Gasteiger partial charge in [-0.3, -0.25) is 4.79 Å². The van der Waals surface area contributed by atoms with Crippen molar-refractivity contribution in [1.82, 2.24) is 0 Å². The molecule has 0 saturated heterocycles. The quantitative estimate of drug-likeness (QED) is 0.741. The van der Waals surface area contributed by atoms with Crippen molar-refractivity contribution in [3.8, 4) is 5.75 Å². The second-order valence-electron chi connectivity index (χ2n) is 5.39. The van der Waals surface area contributed by atoms with Crippen molar-refractivity contribution in [2.45, 2.75) is 26.2 Å². The van der Waals surface area contributed by atoms with Gasteiger partial charge in [-0.1, -0.05) is 19.1 Å². The monoisotopic (exact) mass is 230 g/mol. The van der Waals surface area contributed by atoms with Gasteiger partial charge in [-0.05, 0) is 41.9 Å². The maximum absolute atomic E-state index is 11.8. The number of carbonyl (C=O) groups excluding carboxylic acids is 1. The molecule has 0 amide bonds. The van der Waals surface area contributed by atoms with E-state index < -0.39 is 0 Å². The molecule has 2 nitrogen and oxygen atoms in total. The lowest BCUT2D eigenvalue weighted by Crippen LogP contribution is -2.24. The van der Waals surface area contributed by atoms with Gasteiger partial charge in [-0.2, -0.15) is 0 Å². The Morgan fingerprint density at radius 1 is 1.24 bits per heavy atom. The summed E-state index contributed by atoms with van der Waals surface area (Å²) in [7, 11) is 1.73. The van der Waals surface area contributed by atoms with Crippen molar-refractivity contribution in [3.63, 3.8) is 0 Å². The smallest absolute Gasteiger partial charge is 0.136 e. The Hall–Kier alpha value is -1.31. The summed E-state index contributed by atoms with van der Waals surface area (Å²) in [4.78, 5) is 11.8. The molecule has 1 aromatic rings. The van der Waals surface area contributed by atoms with Crippen LogP contribution in [0.25, 0.3) is 0 Å². The summed E-state index contributed by atoms with van der Waals surface area (Å²) in [6, 6.07) is 6.27. The Balaban J connectivity index is 1.99. The molecule has 0 bridgehead atoms. The molecule has 0 spiro atoms. The van der Waals surface area contributed by atoms with Crippen LogP contribution in [0.4, 0.5) is 0 Å². The Kier molecular flexibility index (Phi) is 2.46. The predicted octanol–water partition coefficient (Wildman–Crippen LogP) is 2.64. The summed E-state index contributed by atoms with van der Waals surface area (Å²) >= 11 is 0. The van der Waals surface area contributed by atoms with Crippen LogP contribution in [0.1, 0.15) is 24.5 Å². The third-order valence-corrected chi connectivity index (χ3v) is 4.59. The molecule has 0 N–H and O–H groups in total. The number of ether oxygens (including phenoxy) is 1. The number of carbonyl (C=O) groups is 1. The number of hydrogen-bond acceptors (Lipinski definition) is 2. The normalized spacial score (nSPS) is 30.9. The lowest BCUT2D eigenvalue weighted by atomic mass is 9.75. The van der Waals surface area contributed by atoms with Crippen LogP contribution >= 0.6 is 0 Å². The van der Waals surface area contributed by atoms with E-state index in [4.69, 9.17) is 4.74 Å². The van der Waals surface area contributed by atoms with E-state index in [9.17, 15) is 4.79 Å². The lowest BCUT2D eigenvalue weighted by Gasteiger charge is -2.30. The molecule has 3 unspecified atom stereocenters. The van der Waals surface area contributed by atoms with Crippen LogP contribution in [0.3, 0.4) is 0 Å². The molecule has 0 aliphatic heterocycles. The first-order valence-electron chi connectivity index (χ1n) is 6.38. The highest BCUT2D eigenvalue weighted by atomic mass is 16.5. The minimum Gasteiger partial charge on any atom is -0.496 e. The number of fused-ring (bicyclic) bond motifs is 2. The summed E-state index contributed by atoms with van der Waals surface area (Å²) in [5.41, 5.74) is 2.71. The van der Waals surface area contributed by atoms with Gasteiger partial charge in [0.25, 0.3) is 0 Å². The molecule has 1 fully saturated rings. The third kappa shape index (κ3) is 1.58. The first kappa shape index (κ1) is 10.8. The van der Waals surface area contributed by atoms with Gasteiger partial charge >= 0.3 is 0 Å². The molecule has 17 heavy (non-hydrogen) atoms. The van der Waals surface area contributed by atoms with Crippen molar-refractivity contribution < 1.29 is 9.53 Å². The minimum atomic E-state index is 0.249. The molecular weight excluding hydrogens is 212 g/mol. The zero-order chi connectivity index (χ0) is 12.0. The largest absolute Gasteiger partial charge is 0.496 e. The van der Waals surface area contributed by atoms with E-state index in [2.05, 4.69) is 19.1 Å². The van der Waals surface area contributed by atoms with Crippen LogP contribution in [0.2, 0.25) is 0 Å². The molecule has 1 saturated carbocycles. The van der Waals surface area contributed by atoms with E-state index in [-0.39, 0.29) is 5.92 Å². The number of hydrogen-bond donors (Lipinski definition) is 0. The highest BCUT2D eigenvalue weighted by Crippen LogP contribution is 2.44. The second kappa shape index (κ2) is 3.86. The zero-order valence-electron chi connectivity index (χ0n) is 10.4. The van der Waals surface area contributed by atoms with E-state index in [0.717, 1.165) is 25.0 Å². The van der Waals surface area contributed by atoms with Gasteiger partial charge in [0, 0.05) is 12.3 Å². The van der Waals surface area contributed by atoms with Crippen LogP contribution in [0.5, 0.6) is 5.75 Å². The van der Waals surface area contributed by atoms with Crippen molar-refractivity contribution in [2.75, 3.05) is 7.11 Å². The molecule has 0 heterocycles.